The predicted octanol–water partition coefficient (Wildman–Crippen LogP) is 3.60. The molecular formula is C13H14ClN. The molecule has 0 aromatic heterocycles. The van der Waals surface area contributed by atoms with Gasteiger partial charge in [0.25, 0.3) is 0 Å². The largest absolute Gasteiger partial charge is 0.293 e. The number of hydrogen-bond donors (Lipinski definition) is 0. The van der Waals surface area contributed by atoms with Crippen molar-refractivity contribution in [2.75, 3.05) is 6.54 Å². The minimum absolute atomic E-state index is 0.524. The van der Waals surface area contributed by atoms with Crippen LogP contribution in [0.3, 0.4) is 0 Å². The molecule has 3 rings (SSSR count). The van der Waals surface area contributed by atoms with E-state index < -0.39 is 0 Å². The molecule has 0 amide bonds. The first-order valence-electron chi connectivity index (χ1n) is 5.67. The molecule has 78 valence electrons. The molecule has 0 bridgehead atoms. The Morgan fingerprint density at radius 1 is 1.27 bits per heavy atom. The fourth-order valence-electron chi connectivity index (χ4n) is 2.81. The molecule has 1 unspecified atom stereocenters. The number of rotatable bonds is 0. The second kappa shape index (κ2) is 3.64. The minimum Gasteiger partial charge on any atom is -0.293 e. The van der Waals surface area contributed by atoms with E-state index >= 15 is 0 Å². The Morgan fingerprint density at radius 2 is 2.20 bits per heavy atom. The van der Waals surface area contributed by atoms with Gasteiger partial charge in [-0.1, -0.05) is 23.7 Å². The highest BCUT2D eigenvalue weighted by Crippen LogP contribution is 2.39. The minimum atomic E-state index is 0.524. The summed E-state index contributed by atoms with van der Waals surface area (Å²) in [6.07, 6.45) is 4.69. The maximum absolute atomic E-state index is 6.31. The SMILES string of the molecule is Clc1cccc2c1C1CCCN=C1CC2. The summed E-state index contributed by atoms with van der Waals surface area (Å²) in [5, 5.41) is 0.937. The summed E-state index contributed by atoms with van der Waals surface area (Å²) in [7, 11) is 0. The number of nitrogens with zero attached hydrogens (tertiary/aromatic N) is 1. The van der Waals surface area contributed by atoms with Gasteiger partial charge in [-0.15, -0.1) is 0 Å². The number of fused-ring (bicyclic) bond motifs is 3. The summed E-state index contributed by atoms with van der Waals surface area (Å²) < 4.78 is 0. The van der Waals surface area contributed by atoms with Crippen molar-refractivity contribution in [1.29, 1.82) is 0 Å². The highest BCUT2D eigenvalue weighted by molar-refractivity contribution is 6.32. The van der Waals surface area contributed by atoms with Crippen molar-refractivity contribution in [2.45, 2.75) is 31.6 Å². The molecule has 1 nitrogen and oxygen atoms in total. The molecule has 0 saturated heterocycles. The Labute approximate surface area is 95.2 Å². The van der Waals surface area contributed by atoms with Gasteiger partial charge >= 0.3 is 0 Å². The van der Waals surface area contributed by atoms with Gasteiger partial charge in [0.05, 0.1) is 0 Å². The molecule has 1 aromatic rings. The summed E-state index contributed by atoms with van der Waals surface area (Å²) in [4.78, 5) is 4.65. The van der Waals surface area contributed by atoms with Crippen molar-refractivity contribution in [1.82, 2.24) is 0 Å². The molecule has 2 heteroatoms. The molecule has 0 fully saturated rings. The smallest absolute Gasteiger partial charge is 0.0447 e. The lowest BCUT2D eigenvalue weighted by Crippen LogP contribution is -2.24. The molecule has 1 aliphatic heterocycles. The highest BCUT2D eigenvalue weighted by Gasteiger charge is 2.28. The Morgan fingerprint density at radius 3 is 3.13 bits per heavy atom. The van der Waals surface area contributed by atoms with Crippen molar-refractivity contribution >= 4 is 17.3 Å². The van der Waals surface area contributed by atoms with E-state index in [2.05, 4.69) is 17.1 Å². The average molecular weight is 220 g/mol. The van der Waals surface area contributed by atoms with Crippen LogP contribution in [0.4, 0.5) is 0 Å². The second-order valence-electron chi connectivity index (χ2n) is 4.38. The second-order valence-corrected chi connectivity index (χ2v) is 4.79. The molecule has 2 aliphatic rings. The van der Waals surface area contributed by atoms with E-state index in [1.165, 1.54) is 29.7 Å². The lowest BCUT2D eigenvalue weighted by molar-refractivity contribution is 0.639. The molecule has 1 aromatic carbocycles. The molecule has 0 N–H and O–H groups in total. The van der Waals surface area contributed by atoms with Crippen LogP contribution in [0, 0.1) is 0 Å². The molecule has 0 saturated carbocycles. The zero-order chi connectivity index (χ0) is 10.3. The lowest BCUT2D eigenvalue weighted by Gasteiger charge is -2.30. The van der Waals surface area contributed by atoms with Gasteiger partial charge in [-0.25, -0.2) is 0 Å². The molecule has 0 spiro atoms. The van der Waals surface area contributed by atoms with E-state index in [-0.39, 0.29) is 0 Å². The first-order chi connectivity index (χ1) is 7.36. The first-order valence-corrected chi connectivity index (χ1v) is 6.04. The van der Waals surface area contributed by atoms with Gasteiger partial charge in [0, 0.05) is 23.2 Å². The summed E-state index contributed by atoms with van der Waals surface area (Å²) in [6.45, 7) is 1.02. The fourth-order valence-corrected chi connectivity index (χ4v) is 3.14. The first kappa shape index (κ1) is 9.41. The fraction of sp³-hybridized carbons (Fsp3) is 0.462. The number of aryl methyl sites for hydroxylation is 1. The number of halogens is 1. The number of benzene rings is 1. The van der Waals surface area contributed by atoms with E-state index in [9.17, 15) is 0 Å². The van der Waals surface area contributed by atoms with E-state index in [1.54, 1.807) is 0 Å². The Balaban J connectivity index is 2.14. The third-order valence-electron chi connectivity index (χ3n) is 3.51. The monoisotopic (exact) mass is 219 g/mol. The van der Waals surface area contributed by atoms with Crippen LogP contribution in [0.2, 0.25) is 5.02 Å². The molecule has 1 aliphatic carbocycles. The van der Waals surface area contributed by atoms with Crippen LogP contribution >= 0.6 is 11.6 Å². The van der Waals surface area contributed by atoms with E-state index in [0.717, 1.165) is 24.4 Å². The number of aliphatic imine (C=N–C) groups is 1. The van der Waals surface area contributed by atoms with Crippen molar-refractivity contribution in [3.8, 4) is 0 Å². The Hall–Kier alpha value is -0.820. The van der Waals surface area contributed by atoms with Crippen LogP contribution in [0.1, 0.15) is 36.3 Å². The normalized spacial score (nSPS) is 24.1. The van der Waals surface area contributed by atoms with Gasteiger partial charge in [-0.2, -0.15) is 0 Å². The van der Waals surface area contributed by atoms with E-state index in [4.69, 9.17) is 11.6 Å². The van der Waals surface area contributed by atoms with E-state index in [1.807, 2.05) is 6.07 Å². The van der Waals surface area contributed by atoms with Gasteiger partial charge in [-0.3, -0.25) is 4.99 Å². The van der Waals surface area contributed by atoms with Crippen LogP contribution in [0.15, 0.2) is 23.2 Å². The molecule has 1 heterocycles. The Bertz CT molecular complexity index is 423. The lowest BCUT2D eigenvalue weighted by atomic mass is 9.78. The molecular weight excluding hydrogens is 206 g/mol. The van der Waals surface area contributed by atoms with Gasteiger partial charge in [0.15, 0.2) is 0 Å². The van der Waals surface area contributed by atoms with Crippen LogP contribution < -0.4 is 0 Å². The standard InChI is InChI=1S/C13H14ClN/c14-11-5-1-3-9-6-7-12-10(13(9)11)4-2-8-15-12/h1,3,5,10H,2,4,6-8H2. The topological polar surface area (TPSA) is 12.4 Å². The van der Waals surface area contributed by atoms with Crippen molar-refractivity contribution < 1.29 is 0 Å². The predicted molar refractivity (Wildman–Crippen MR) is 64.1 cm³/mol. The molecule has 1 atom stereocenters. The third-order valence-corrected chi connectivity index (χ3v) is 3.84. The van der Waals surface area contributed by atoms with Gasteiger partial charge in [0.2, 0.25) is 0 Å². The van der Waals surface area contributed by atoms with Crippen molar-refractivity contribution in [3.05, 3.63) is 34.3 Å². The molecule has 15 heavy (non-hydrogen) atoms. The van der Waals surface area contributed by atoms with Gasteiger partial charge in [0.1, 0.15) is 0 Å². The summed E-state index contributed by atoms with van der Waals surface area (Å²) >= 11 is 6.31. The maximum atomic E-state index is 6.31. The average Bonchev–Trinajstić information content (AvgIpc) is 2.29. The van der Waals surface area contributed by atoms with Crippen LogP contribution in [0.25, 0.3) is 0 Å². The van der Waals surface area contributed by atoms with Crippen LogP contribution in [-0.4, -0.2) is 12.3 Å². The third kappa shape index (κ3) is 1.50. The van der Waals surface area contributed by atoms with Gasteiger partial charge < -0.3 is 0 Å². The van der Waals surface area contributed by atoms with Crippen LogP contribution in [0.5, 0.6) is 0 Å². The maximum Gasteiger partial charge on any atom is 0.0447 e. The van der Waals surface area contributed by atoms with Crippen LogP contribution in [-0.2, 0) is 6.42 Å². The van der Waals surface area contributed by atoms with Gasteiger partial charge in [-0.05, 0) is 42.9 Å². The summed E-state index contributed by atoms with van der Waals surface area (Å²) in [5.74, 6) is 0.524. The van der Waals surface area contributed by atoms with E-state index in [0.29, 0.717) is 5.92 Å². The van der Waals surface area contributed by atoms with Crippen molar-refractivity contribution in [2.24, 2.45) is 4.99 Å². The molecule has 0 radical (unpaired) electrons. The number of hydrogen-bond acceptors (Lipinski definition) is 1. The highest BCUT2D eigenvalue weighted by atomic mass is 35.5. The van der Waals surface area contributed by atoms with Crippen molar-refractivity contribution in [3.63, 3.8) is 0 Å². The summed E-state index contributed by atoms with van der Waals surface area (Å²) in [5.41, 5.74) is 4.19. The zero-order valence-corrected chi connectivity index (χ0v) is 9.43. The summed E-state index contributed by atoms with van der Waals surface area (Å²) in [6, 6.07) is 6.29. The Kier molecular flexibility index (Phi) is 2.28. The zero-order valence-electron chi connectivity index (χ0n) is 8.67. The quantitative estimate of drug-likeness (QED) is 0.632.